The number of imide groups is 1. The van der Waals surface area contributed by atoms with Gasteiger partial charge in [0.2, 0.25) is 23.7 Å². The summed E-state index contributed by atoms with van der Waals surface area (Å²) in [7, 11) is 0. The first-order chi connectivity index (χ1) is 27.7. The molecule has 304 valence electrons. The van der Waals surface area contributed by atoms with Gasteiger partial charge in [-0.3, -0.25) is 24.6 Å². The number of likely N-dealkylation sites (tertiary alicyclic amines) is 1. The summed E-state index contributed by atoms with van der Waals surface area (Å²) < 4.78 is 36.0. The molecule has 2 aromatic carbocycles. The van der Waals surface area contributed by atoms with Crippen LogP contribution in [0.4, 0.5) is 26.1 Å². The van der Waals surface area contributed by atoms with E-state index in [1.165, 1.54) is 12.3 Å². The molecule has 1 unspecified atom stereocenters. The Morgan fingerprint density at radius 2 is 1.60 bits per heavy atom. The summed E-state index contributed by atoms with van der Waals surface area (Å²) in [5.41, 5.74) is 2.62. The average Bonchev–Trinajstić information content (AvgIpc) is 3.24. The standard InChI is InChI=1S/C43H54F2N8O4/c44-35-26-32(47-37-13-14-38(54)50-40(37)55)11-12-34(35)28-15-19-53(20-16-28)43(17-2-1-3-18-43)41(56)48-30-7-9-31(10-8-30)49-42-46-27-36(45)39(51-42)29-5-4-6-33(25-29)52-21-23-57-24-22-52/h4-6,11-12,25-28,30-31,37,47H,1-3,7-10,13-24H2,(H,48,56)(H,46,49,51)(H,50,54,55). The van der Waals surface area contributed by atoms with Crippen molar-refractivity contribution in [2.45, 2.75) is 113 Å². The first-order valence-electron chi connectivity index (χ1n) is 20.9. The second-order valence-corrected chi connectivity index (χ2v) is 16.4. The third kappa shape index (κ3) is 8.91. The van der Waals surface area contributed by atoms with Crippen LogP contribution in [0.25, 0.3) is 11.3 Å². The van der Waals surface area contributed by atoms with Crippen molar-refractivity contribution in [2.24, 2.45) is 0 Å². The lowest BCUT2D eigenvalue weighted by atomic mass is 9.76. The van der Waals surface area contributed by atoms with Crippen LogP contribution in [-0.4, -0.2) is 95.6 Å². The van der Waals surface area contributed by atoms with Crippen LogP contribution in [0, 0.1) is 11.6 Å². The van der Waals surface area contributed by atoms with Crippen molar-refractivity contribution in [3.63, 3.8) is 0 Å². The first kappa shape index (κ1) is 39.2. The number of amides is 3. The molecule has 14 heteroatoms. The molecule has 3 saturated heterocycles. The maximum atomic E-state index is 15.5. The normalized spacial score (nSPS) is 24.7. The number of nitrogens with one attached hydrogen (secondary N) is 4. The fourth-order valence-corrected chi connectivity index (χ4v) is 9.62. The number of rotatable bonds is 10. The van der Waals surface area contributed by atoms with Crippen molar-refractivity contribution >= 4 is 35.0 Å². The maximum Gasteiger partial charge on any atom is 0.249 e. The second kappa shape index (κ2) is 17.4. The van der Waals surface area contributed by atoms with E-state index in [1.54, 1.807) is 0 Å². The Morgan fingerprint density at radius 3 is 2.33 bits per heavy atom. The monoisotopic (exact) mass is 784 g/mol. The van der Waals surface area contributed by atoms with Crippen molar-refractivity contribution < 1.29 is 27.9 Å². The van der Waals surface area contributed by atoms with Crippen LogP contribution < -0.4 is 26.2 Å². The number of aromatic nitrogens is 2. The van der Waals surface area contributed by atoms with Crippen LogP contribution in [0.15, 0.2) is 48.7 Å². The third-order valence-electron chi connectivity index (χ3n) is 12.9. The van der Waals surface area contributed by atoms with Crippen molar-refractivity contribution in [3.05, 3.63) is 65.9 Å². The van der Waals surface area contributed by atoms with Gasteiger partial charge in [-0.2, -0.15) is 0 Å². The van der Waals surface area contributed by atoms with E-state index in [1.807, 2.05) is 36.4 Å². The Balaban J connectivity index is 0.844. The lowest BCUT2D eigenvalue weighted by Crippen LogP contribution is -2.62. The van der Waals surface area contributed by atoms with Crippen molar-refractivity contribution in [2.75, 3.05) is 54.9 Å². The Hall–Kier alpha value is -4.69. The molecule has 3 amide bonds. The lowest BCUT2D eigenvalue weighted by Gasteiger charge is -2.48. The molecule has 3 aliphatic heterocycles. The molecule has 2 saturated carbocycles. The fourth-order valence-electron chi connectivity index (χ4n) is 9.62. The number of ether oxygens (including phenoxy) is 1. The van der Waals surface area contributed by atoms with Gasteiger partial charge in [0.1, 0.15) is 23.1 Å². The molecular weight excluding hydrogens is 731 g/mol. The summed E-state index contributed by atoms with van der Waals surface area (Å²) in [6, 6.07) is 12.5. The van der Waals surface area contributed by atoms with Crippen LogP contribution in [0.5, 0.6) is 0 Å². The van der Waals surface area contributed by atoms with Crippen molar-refractivity contribution in [1.82, 2.24) is 25.5 Å². The van der Waals surface area contributed by atoms with Gasteiger partial charge in [-0.1, -0.05) is 37.5 Å². The van der Waals surface area contributed by atoms with Crippen LogP contribution in [0.1, 0.15) is 95.0 Å². The Kier molecular flexibility index (Phi) is 12.0. The third-order valence-corrected chi connectivity index (χ3v) is 12.9. The zero-order valence-electron chi connectivity index (χ0n) is 32.5. The minimum atomic E-state index is -0.569. The number of halogens is 2. The Labute approximate surface area is 332 Å². The summed E-state index contributed by atoms with van der Waals surface area (Å²) >= 11 is 0. The largest absolute Gasteiger partial charge is 0.378 e. The molecule has 4 heterocycles. The highest BCUT2D eigenvalue weighted by Gasteiger charge is 2.46. The number of morpholine rings is 1. The molecule has 3 aromatic rings. The number of hydrogen-bond donors (Lipinski definition) is 4. The highest BCUT2D eigenvalue weighted by Crippen LogP contribution is 2.40. The number of hydrogen-bond acceptors (Lipinski definition) is 10. The van der Waals surface area contributed by atoms with Gasteiger partial charge in [-0.15, -0.1) is 0 Å². The fraction of sp³-hybridized carbons (Fsp3) is 0.558. The summed E-state index contributed by atoms with van der Waals surface area (Å²) in [5.74, 6) is -0.875. The Bertz CT molecular complexity index is 1920. The van der Waals surface area contributed by atoms with E-state index in [2.05, 4.69) is 41.0 Å². The van der Waals surface area contributed by atoms with Crippen LogP contribution in [0.3, 0.4) is 0 Å². The SMILES string of the molecule is O=C1CCC(Nc2ccc(C3CCN(C4(C(=O)NC5CCC(Nc6ncc(F)c(-c7cccc(N8CCOCC8)c7)n6)CC5)CCCCC4)CC3)c(F)c2)C(=O)N1. The van der Waals surface area contributed by atoms with Gasteiger partial charge < -0.3 is 25.6 Å². The van der Waals surface area contributed by atoms with E-state index >= 15 is 8.78 Å². The predicted molar refractivity (Wildman–Crippen MR) is 214 cm³/mol. The van der Waals surface area contributed by atoms with Crippen LogP contribution in [-0.2, 0) is 19.1 Å². The number of piperidine rings is 2. The maximum absolute atomic E-state index is 15.5. The minimum Gasteiger partial charge on any atom is -0.378 e. The molecule has 5 fully saturated rings. The highest BCUT2D eigenvalue weighted by molar-refractivity contribution is 6.01. The van der Waals surface area contributed by atoms with E-state index in [4.69, 9.17) is 4.74 Å². The molecule has 57 heavy (non-hydrogen) atoms. The van der Waals surface area contributed by atoms with Crippen molar-refractivity contribution in [3.8, 4) is 11.3 Å². The summed E-state index contributed by atoms with van der Waals surface area (Å²) in [4.78, 5) is 51.5. The molecule has 12 nitrogen and oxygen atoms in total. The number of nitrogens with zero attached hydrogens (tertiary/aromatic N) is 4. The molecule has 2 aliphatic carbocycles. The zero-order chi connectivity index (χ0) is 39.4. The smallest absolute Gasteiger partial charge is 0.249 e. The van der Waals surface area contributed by atoms with Gasteiger partial charge >= 0.3 is 0 Å². The van der Waals surface area contributed by atoms with Gasteiger partial charge in [0.05, 0.1) is 19.4 Å². The molecule has 1 aromatic heterocycles. The number of carbonyl (C=O) groups excluding carboxylic acids is 3. The summed E-state index contributed by atoms with van der Waals surface area (Å²) in [6.45, 7) is 4.37. The number of anilines is 3. The van der Waals surface area contributed by atoms with Gasteiger partial charge in [0.25, 0.3) is 0 Å². The molecule has 0 spiro atoms. The average molecular weight is 785 g/mol. The van der Waals surface area contributed by atoms with Crippen molar-refractivity contribution in [1.29, 1.82) is 0 Å². The molecule has 8 rings (SSSR count). The van der Waals surface area contributed by atoms with E-state index in [0.29, 0.717) is 42.4 Å². The van der Waals surface area contributed by atoms with E-state index < -0.39 is 17.4 Å². The zero-order valence-corrected chi connectivity index (χ0v) is 32.5. The van der Waals surface area contributed by atoms with Gasteiger partial charge in [0, 0.05) is 48.5 Å². The summed E-state index contributed by atoms with van der Waals surface area (Å²) in [5, 5.41) is 12.3. The molecule has 5 aliphatic rings. The van der Waals surface area contributed by atoms with Gasteiger partial charge in [0.15, 0.2) is 5.82 Å². The Morgan fingerprint density at radius 1 is 0.842 bits per heavy atom. The van der Waals surface area contributed by atoms with Crippen LogP contribution in [0.2, 0.25) is 0 Å². The lowest BCUT2D eigenvalue weighted by molar-refractivity contribution is -0.138. The summed E-state index contributed by atoms with van der Waals surface area (Å²) in [6.07, 6.45) is 11.5. The molecule has 0 radical (unpaired) electrons. The molecule has 0 bridgehead atoms. The number of benzene rings is 2. The van der Waals surface area contributed by atoms with E-state index in [0.717, 1.165) is 102 Å². The minimum absolute atomic E-state index is 0.0406. The quantitative estimate of drug-likeness (QED) is 0.184. The topological polar surface area (TPSA) is 141 Å². The van der Waals surface area contributed by atoms with E-state index in [-0.39, 0.29) is 53.7 Å². The molecule has 1 atom stereocenters. The van der Waals surface area contributed by atoms with Gasteiger partial charge in [-0.05, 0) is 107 Å². The predicted octanol–water partition coefficient (Wildman–Crippen LogP) is 5.90. The van der Waals surface area contributed by atoms with Gasteiger partial charge in [-0.25, -0.2) is 18.7 Å². The number of carbonyl (C=O) groups is 3. The first-order valence-corrected chi connectivity index (χ1v) is 20.9. The second-order valence-electron chi connectivity index (χ2n) is 16.4. The highest BCUT2D eigenvalue weighted by atomic mass is 19.1. The van der Waals surface area contributed by atoms with Crippen LogP contribution >= 0.6 is 0 Å². The molecule has 4 N–H and O–H groups in total. The van der Waals surface area contributed by atoms with E-state index in [9.17, 15) is 14.4 Å². The molecular formula is C43H54F2N8O4.